The Morgan fingerprint density at radius 1 is 1.58 bits per heavy atom. The SMILES string of the molecule is CCn1nc(C)c(Br)c1CS(=O)C(C)CC(=O)OC. The van der Waals surface area contributed by atoms with Gasteiger partial charge in [-0.1, -0.05) is 6.92 Å². The third-order valence-corrected chi connectivity index (χ3v) is 5.52. The van der Waals surface area contributed by atoms with Crippen LogP contribution < -0.4 is 0 Å². The predicted octanol–water partition coefficient (Wildman–Crippen LogP) is 2.17. The number of nitrogens with zero attached hydrogens (tertiary/aromatic N) is 2. The molecule has 0 aliphatic heterocycles. The zero-order valence-electron chi connectivity index (χ0n) is 11.6. The standard InChI is InChI=1S/C12H19BrN2O3S/c1-5-15-10(12(13)9(3)14-15)7-19(17)8(2)6-11(16)18-4/h8H,5-7H2,1-4H3. The lowest BCUT2D eigenvalue weighted by atomic mass is 10.3. The summed E-state index contributed by atoms with van der Waals surface area (Å²) in [4.78, 5) is 11.2. The molecule has 19 heavy (non-hydrogen) atoms. The number of carbonyl (C=O) groups is 1. The normalized spacial score (nSPS) is 14.2. The van der Waals surface area contributed by atoms with Gasteiger partial charge in [0.2, 0.25) is 0 Å². The van der Waals surface area contributed by atoms with Crippen LogP contribution in [-0.4, -0.2) is 32.3 Å². The number of carbonyl (C=O) groups excluding carboxylic acids is 1. The first-order chi connectivity index (χ1) is 8.90. The van der Waals surface area contributed by atoms with E-state index in [9.17, 15) is 9.00 Å². The fourth-order valence-corrected chi connectivity index (χ4v) is 3.47. The Labute approximate surface area is 124 Å². The van der Waals surface area contributed by atoms with E-state index >= 15 is 0 Å². The molecule has 2 atom stereocenters. The number of ether oxygens (including phenoxy) is 1. The number of aryl methyl sites for hydroxylation is 2. The first-order valence-electron chi connectivity index (χ1n) is 6.06. The Hall–Kier alpha value is -0.690. The highest BCUT2D eigenvalue weighted by Gasteiger charge is 2.20. The summed E-state index contributed by atoms with van der Waals surface area (Å²) in [5, 5.41) is 4.13. The van der Waals surface area contributed by atoms with Gasteiger partial charge in [0.15, 0.2) is 0 Å². The van der Waals surface area contributed by atoms with E-state index in [0.717, 1.165) is 22.4 Å². The molecular formula is C12H19BrN2O3S. The van der Waals surface area contributed by atoms with Crippen LogP contribution in [-0.2, 0) is 32.6 Å². The largest absolute Gasteiger partial charge is 0.469 e. The molecule has 0 spiro atoms. The second kappa shape index (κ2) is 7.19. The highest BCUT2D eigenvalue weighted by Crippen LogP contribution is 2.23. The minimum Gasteiger partial charge on any atom is -0.469 e. The van der Waals surface area contributed by atoms with Crippen molar-refractivity contribution in [2.75, 3.05) is 7.11 Å². The first kappa shape index (κ1) is 16.4. The van der Waals surface area contributed by atoms with Crippen LogP contribution in [0.15, 0.2) is 4.47 Å². The molecule has 1 aromatic rings. The molecule has 108 valence electrons. The average molecular weight is 351 g/mol. The molecule has 0 aliphatic rings. The lowest BCUT2D eigenvalue weighted by molar-refractivity contribution is -0.140. The summed E-state index contributed by atoms with van der Waals surface area (Å²) in [6, 6.07) is 0. The topological polar surface area (TPSA) is 61.2 Å². The molecule has 0 aromatic carbocycles. The summed E-state index contributed by atoms with van der Waals surface area (Å²) in [6.07, 6.45) is 0.167. The van der Waals surface area contributed by atoms with Gasteiger partial charge >= 0.3 is 5.97 Å². The molecule has 0 aliphatic carbocycles. The van der Waals surface area contributed by atoms with Crippen molar-refractivity contribution < 1.29 is 13.7 Å². The number of halogens is 1. The maximum atomic E-state index is 12.2. The molecule has 7 heteroatoms. The number of aromatic nitrogens is 2. The lowest BCUT2D eigenvalue weighted by Crippen LogP contribution is -2.19. The van der Waals surface area contributed by atoms with E-state index in [2.05, 4.69) is 25.8 Å². The zero-order valence-corrected chi connectivity index (χ0v) is 14.0. The quantitative estimate of drug-likeness (QED) is 0.737. The van der Waals surface area contributed by atoms with Crippen LogP contribution >= 0.6 is 15.9 Å². The Balaban J connectivity index is 2.79. The van der Waals surface area contributed by atoms with Crippen molar-refractivity contribution in [1.29, 1.82) is 0 Å². The van der Waals surface area contributed by atoms with E-state index in [4.69, 9.17) is 0 Å². The molecule has 1 aromatic heterocycles. The molecule has 0 radical (unpaired) electrons. The monoisotopic (exact) mass is 350 g/mol. The van der Waals surface area contributed by atoms with Crippen LogP contribution in [0, 0.1) is 6.92 Å². The van der Waals surface area contributed by atoms with E-state index in [1.807, 2.05) is 18.5 Å². The molecule has 1 rings (SSSR count). The molecule has 0 amide bonds. The molecule has 0 saturated heterocycles. The third kappa shape index (κ3) is 4.14. The number of methoxy groups -OCH3 is 1. The van der Waals surface area contributed by atoms with Gasteiger partial charge in [-0.3, -0.25) is 13.7 Å². The number of rotatable bonds is 6. The number of hydrogen-bond acceptors (Lipinski definition) is 4. The minimum absolute atomic E-state index is 0.167. The van der Waals surface area contributed by atoms with E-state index in [1.165, 1.54) is 7.11 Å². The van der Waals surface area contributed by atoms with E-state index in [1.54, 1.807) is 6.92 Å². The van der Waals surface area contributed by atoms with Crippen molar-refractivity contribution in [2.24, 2.45) is 0 Å². The zero-order chi connectivity index (χ0) is 14.6. The van der Waals surface area contributed by atoms with Gasteiger partial charge in [-0.05, 0) is 29.8 Å². The van der Waals surface area contributed by atoms with Crippen LogP contribution in [0.3, 0.4) is 0 Å². The van der Waals surface area contributed by atoms with Gasteiger partial charge in [0, 0.05) is 22.6 Å². The van der Waals surface area contributed by atoms with Gasteiger partial charge in [-0.15, -0.1) is 0 Å². The molecule has 0 saturated carbocycles. The van der Waals surface area contributed by atoms with Gasteiger partial charge in [-0.2, -0.15) is 5.10 Å². The fraction of sp³-hybridized carbons (Fsp3) is 0.667. The average Bonchev–Trinajstić information content (AvgIpc) is 2.65. The maximum absolute atomic E-state index is 12.2. The van der Waals surface area contributed by atoms with Crippen molar-refractivity contribution in [3.05, 3.63) is 15.9 Å². The van der Waals surface area contributed by atoms with Crippen LogP contribution in [0.1, 0.15) is 31.7 Å². The highest BCUT2D eigenvalue weighted by atomic mass is 79.9. The first-order valence-corrected chi connectivity index (χ1v) is 8.23. The molecule has 1 heterocycles. The van der Waals surface area contributed by atoms with Crippen LogP contribution in [0.5, 0.6) is 0 Å². The van der Waals surface area contributed by atoms with Gasteiger partial charge in [0.25, 0.3) is 0 Å². The molecule has 5 nitrogen and oxygen atoms in total. The van der Waals surface area contributed by atoms with Crippen LogP contribution in [0.25, 0.3) is 0 Å². The van der Waals surface area contributed by atoms with Crippen LogP contribution in [0.4, 0.5) is 0 Å². The number of hydrogen-bond donors (Lipinski definition) is 0. The predicted molar refractivity (Wildman–Crippen MR) is 78.3 cm³/mol. The van der Waals surface area contributed by atoms with Crippen molar-refractivity contribution in [1.82, 2.24) is 9.78 Å². The summed E-state index contributed by atoms with van der Waals surface area (Å²) >= 11 is 3.47. The van der Waals surface area contributed by atoms with Gasteiger partial charge in [0.05, 0.1) is 35.1 Å². The lowest BCUT2D eigenvalue weighted by Gasteiger charge is -2.11. The van der Waals surface area contributed by atoms with Crippen LogP contribution in [0.2, 0.25) is 0 Å². The van der Waals surface area contributed by atoms with E-state index < -0.39 is 10.8 Å². The molecular weight excluding hydrogens is 332 g/mol. The van der Waals surface area contributed by atoms with Crippen molar-refractivity contribution in [3.8, 4) is 0 Å². The van der Waals surface area contributed by atoms with Gasteiger partial charge < -0.3 is 4.74 Å². The molecule has 0 N–H and O–H groups in total. The van der Waals surface area contributed by atoms with Crippen molar-refractivity contribution in [3.63, 3.8) is 0 Å². The van der Waals surface area contributed by atoms with E-state index in [-0.39, 0.29) is 17.6 Å². The molecule has 2 unspecified atom stereocenters. The second-order valence-electron chi connectivity index (χ2n) is 4.28. The fourth-order valence-electron chi connectivity index (χ4n) is 1.69. The Bertz CT molecular complexity index is 488. The Morgan fingerprint density at radius 2 is 2.21 bits per heavy atom. The summed E-state index contributed by atoms with van der Waals surface area (Å²) in [5.41, 5.74) is 1.80. The smallest absolute Gasteiger partial charge is 0.306 e. The summed E-state index contributed by atoms with van der Waals surface area (Å²) < 4.78 is 19.6. The van der Waals surface area contributed by atoms with E-state index in [0.29, 0.717) is 5.75 Å². The Morgan fingerprint density at radius 3 is 2.74 bits per heavy atom. The van der Waals surface area contributed by atoms with Crippen molar-refractivity contribution in [2.45, 2.75) is 44.7 Å². The second-order valence-corrected chi connectivity index (χ2v) is 6.93. The molecule has 0 fully saturated rings. The summed E-state index contributed by atoms with van der Waals surface area (Å²) in [7, 11) is 0.199. The van der Waals surface area contributed by atoms with Crippen molar-refractivity contribution >= 4 is 32.7 Å². The third-order valence-electron chi connectivity index (χ3n) is 2.86. The summed E-state index contributed by atoms with van der Waals surface area (Å²) in [5.74, 6) is 0.0491. The Kier molecular flexibility index (Phi) is 6.19. The number of esters is 1. The minimum atomic E-state index is -1.14. The van der Waals surface area contributed by atoms with Gasteiger partial charge in [0.1, 0.15) is 0 Å². The maximum Gasteiger partial charge on any atom is 0.306 e. The summed E-state index contributed by atoms with van der Waals surface area (Å²) in [6.45, 7) is 6.41. The molecule has 0 bridgehead atoms. The van der Waals surface area contributed by atoms with Gasteiger partial charge in [-0.25, -0.2) is 0 Å². The highest BCUT2D eigenvalue weighted by molar-refractivity contribution is 9.10.